The smallest absolute Gasteiger partial charge is 0.223 e. The molecule has 122 valence electrons. The molecule has 0 bridgehead atoms. The quantitative estimate of drug-likeness (QED) is 0.770. The first kappa shape index (κ1) is 17.6. The number of amides is 1. The second kappa shape index (κ2) is 8.23. The fourth-order valence-corrected chi connectivity index (χ4v) is 2.78. The standard InChI is InChI=1S/C18H20Cl2N2O/c1-12(10-14-4-5-15(19)11-17(14)20)18(23)22-9-8-13-2-6-16(21)7-3-13/h2-7,11-12H,8-10,21H2,1H3,(H,22,23). The normalized spacial score (nSPS) is 12.0. The second-order valence-electron chi connectivity index (χ2n) is 5.62. The van der Waals surface area contributed by atoms with E-state index < -0.39 is 0 Å². The van der Waals surface area contributed by atoms with Crippen molar-refractivity contribution >= 4 is 34.8 Å². The molecule has 1 amide bonds. The summed E-state index contributed by atoms with van der Waals surface area (Å²) in [5.41, 5.74) is 8.47. The lowest BCUT2D eigenvalue weighted by Gasteiger charge is -2.13. The molecule has 2 aromatic carbocycles. The largest absolute Gasteiger partial charge is 0.399 e. The molecule has 0 aliphatic carbocycles. The summed E-state index contributed by atoms with van der Waals surface area (Å²) in [6.45, 7) is 2.49. The summed E-state index contributed by atoms with van der Waals surface area (Å²) in [6.07, 6.45) is 1.37. The van der Waals surface area contributed by atoms with Crippen LogP contribution in [-0.2, 0) is 17.6 Å². The van der Waals surface area contributed by atoms with Crippen LogP contribution < -0.4 is 11.1 Å². The Labute approximate surface area is 146 Å². The van der Waals surface area contributed by atoms with E-state index in [0.29, 0.717) is 23.0 Å². The lowest BCUT2D eigenvalue weighted by Crippen LogP contribution is -2.31. The Balaban J connectivity index is 1.81. The molecule has 0 aliphatic heterocycles. The van der Waals surface area contributed by atoms with Gasteiger partial charge in [-0.1, -0.05) is 48.3 Å². The average Bonchev–Trinajstić information content (AvgIpc) is 2.51. The molecule has 0 aliphatic rings. The van der Waals surface area contributed by atoms with Crippen molar-refractivity contribution in [3.8, 4) is 0 Å². The number of hydrogen-bond donors (Lipinski definition) is 2. The molecule has 0 spiro atoms. The van der Waals surface area contributed by atoms with Crippen molar-refractivity contribution in [1.82, 2.24) is 5.32 Å². The number of nitrogens with one attached hydrogen (secondary N) is 1. The zero-order chi connectivity index (χ0) is 16.8. The van der Waals surface area contributed by atoms with Gasteiger partial charge in [0, 0.05) is 28.2 Å². The number of anilines is 1. The first-order chi connectivity index (χ1) is 11.0. The number of nitrogens with two attached hydrogens (primary N) is 1. The molecule has 23 heavy (non-hydrogen) atoms. The maximum absolute atomic E-state index is 12.2. The number of carbonyl (C=O) groups is 1. The van der Waals surface area contributed by atoms with Crippen molar-refractivity contribution in [1.29, 1.82) is 0 Å². The van der Waals surface area contributed by atoms with Crippen LogP contribution in [0.5, 0.6) is 0 Å². The van der Waals surface area contributed by atoms with Crippen LogP contribution in [0.15, 0.2) is 42.5 Å². The van der Waals surface area contributed by atoms with Gasteiger partial charge >= 0.3 is 0 Å². The fourth-order valence-electron chi connectivity index (χ4n) is 2.30. The molecule has 0 saturated carbocycles. The van der Waals surface area contributed by atoms with Crippen molar-refractivity contribution in [2.75, 3.05) is 12.3 Å². The summed E-state index contributed by atoms with van der Waals surface area (Å²) in [5, 5.41) is 4.15. The first-order valence-corrected chi connectivity index (χ1v) is 8.27. The molecule has 0 heterocycles. The van der Waals surface area contributed by atoms with Crippen LogP contribution in [0.3, 0.4) is 0 Å². The minimum absolute atomic E-state index is 0.0199. The molecule has 0 radical (unpaired) electrons. The number of hydrogen-bond acceptors (Lipinski definition) is 2. The van der Waals surface area contributed by atoms with Crippen LogP contribution in [0.1, 0.15) is 18.1 Å². The number of nitrogen functional groups attached to an aromatic ring is 1. The van der Waals surface area contributed by atoms with Gasteiger partial charge < -0.3 is 11.1 Å². The van der Waals surface area contributed by atoms with E-state index >= 15 is 0 Å². The van der Waals surface area contributed by atoms with Gasteiger partial charge in [-0.05, 0) is 48.2 Å². The molecule has 2 rings (SSSR count). The van der Waals surface area contributed by atoms with E-state index in [1.807, 2.05) is 37.3 Å². The van der Waals surface area contributed by atoms with Crippen LogP contribution in [0, 0.1) is 5.92 Å². The van der Waals surface area contributed by atoms with Crippen molar-refractivity contribution < 1.29 is 4.79 Å². The van der Waals surface area contributed by atoms with Crippen molar-refractivity contribution in [3.63, 3.8) is 0 Å². The highest BCUT2D eigenvalue weighted by atomic mass is 35.5. The molecular formula is C18H20Cl2N2O. The van der Waals surface area contributed by atoms with E-state index in [4.69, 9.17) is 28.9 Å². The lowest BCUT2D eigenvalue weighted by atomic mass is 10.00. The highest BCUT2D eigenvalue weighted by molar-refractivity contribution is 6.35. The third kappa shape index (κ3) is 5.45. The third-order valence-corrected chi connectivity index (χ3v) is 4.27. The van der Waals surface area contributed by atoms with Crippen LogP contribution in [0.4, 0.5) is 5.69 Å². The Bertz CT molecular complexity index is 671. The monoisotopic (exact) mass is 350 g/mol. The zero-order valence-electron chi connectivity index (χ0n) is 13.0. The van der Waals surface area contributed by atoms with Crippen LogP contribution in [0.2, 0.25) is 10.0 Å². The Hall–Kier alpha value is -1.71. The number of benzene rings is 2. The predicted molar refractivity (Wildman–Crippen MR) is 96.9 cm³/mol. The van der Waals surface area contributed by atoms with E-state index in [-0.39, 0.29) is 11.8 Å². The van der Waals surface area contributed by atoms with Gasteiger partial charge in [-0.15, -0.1) is 0 Å². The zero-order valence-corrected chi connectivity index (χ0v) is 14.5. The molecule has 0 aromatic heterocycles. The minimum Gasteiger partial charge on any atom is -0.399 e. The molecule has 3 N–H and O–H groups in total. The van der Waals surface area contributed by atoms with E-state index in [1.54, 1.807) is 12.1 Å². The fraction of sp³-hybridized carbons (Fsp3) is 0.278. The highest BCUT2D eigenvalue weighted by Crippen LogP contribution is 2.23. The Morgan fingerprint density at radius 1 is 1.17 bits per heavy atom. The van der Waals surface area contributed by atoms with E-state index in [0.717, 1.165) is 23.2 Å². The van der Waals surface area contributed by atoms with E-state index in [1.165, 1.54) is 0 Å². The SMILES string of the molecule is CC(Cc1ccc(Cl)cc1Cl)C(=O)NCCc1ccc(N)cc1. The summed E-state index contributed by atoms with van der Waals surface area (Å²) in [5.74, 6) is -0.133. The maximum Gasteiger partial charge on any atom is 0.223 e. The number of rotatable bonds is 6. The molecule has 0 fully saturated rings. The number of carbonyl (C=O) groups excluding carboxylic acids is 1. The molecular weight excluding hydrogens is 331 g/mol. The van der Waals surface area contributed by atoms with Gasteiger partial charge in [-0.25, -0.2) is 0 Å². The molecule has 1 unspecified atom stereocenters. The summed E-state index contributed by atoms with van der Waals surface area (Å²) in [6, 6.07) is 13.0. The Kier molecular flexibility index (Phi) is 6.31. The van der Waals surface area contributed by atoms with E-state index in [9.17, 15) is 4.79 Å². The van der Waals surface area contributed by atoms with Crippen molar-refractivity contribution in [2.24, 2.45) is 5.92 Å². The van der Waals surface area contributed by atoms with Gasteiger partial charge in [0.1, 0.15) is 0 Å². The Morgan fingerprint density at radius 2 is 1.87 bits per heavy atom. The maximum atomic E-state index is 12.2. The first-order valence-electron chi connectivity index (χ1n) is 7.52. The highest BCUT2D eigenvalue weighted by Gasteiger charge is 2.14. The molecule has 0 saturated heterocycles. The third-order valence-electron chi connectivity index (χ3n) is 3.68. The van der Waals surface area contributed by atoms with Gasteiger partial charge in [-0.3, -0.25) is 4.79 Å². The van der Waals surface area contributed by atoms with Gasteiger partial charge in [0.05, 0.1) is 0 Å². The van der Waals surface area contributed by atoms with E-state index in [2.05, 4.69) is 5.32 Å². The van der Waals surface area contributed by atoms with Crippen LogP contribution in [0.25, 0.3) is 0 Å². The van der Waals surface area contributed by atoms with Gasteiger partial charge in [-0.2, -0.15) is 0 Å². The van der Waals surface area contributed by atoms with Gasteiger partial charge in [0.15, 0.2) is 0 Å². The predicted octanol–water partition coefficient (Wildman–Crippen LogP) is 4.11. The molecule has 5 heteroatoms. The second-order valence-corrected chi connectivity index (χ2v) is 6.47. The Morgan fingerprint density at radius 3 is 2.52 bits per heavy atom. The van der Waals surface area contributed by atoms with Crippen LogP contribution >= 0.6 is 23.2 Å². The van der Waals surface area contributed by atoms with Crippen molar-refractivity contribution in [2.45, 2.75) is 19.8 Å². The minimum atomic E-state index is -0.153. The molecule has 1 atom stereocenters. The molecule has 2 aromatic rings. The lowest BCUT2D eigenvalue weighted by molar-refractivity contribution is -0.124. The average molecular weight is 351 g/mol. The van der Waals surface area contributed by atoms with Crippen molar-refractivity contribution in [3.05, 3.63) is 63.6 Å². The van der Waals surface area contributed by atoms with Gasteiger partial charge in [0.2, 0.25) is 5.91 Å². The summed E-state index contributed by atoms with van der Waals surface area (Å²) in [7, 11) is 0. The summed E-state index contributed by atoms with van der Waals surface area (Å²) < 4.78 is 0. The summed E-state index contributed by atoms with van der Waals surface area (Å²) in [4.78, 5) is 12.2. The summed E-state index contributed by atoms with van der Waals surface area (Å²) >= 11 is 12.0. The van der Waals surface area contributed by atoms with Crippen LogP contribution in [-0.4, -0.2) is 12.5 Å². The number of halogens is 2. The molecule has 3 nitrogen and oxygen atoms in total. The van der Waals surface area contributed by atoms with Gasteiger partial charge in [0.25, 0.3) is 0 Å². The topological polar surface area (TPSA) is 55.1 Å².